The van der Waals surface area contributed by atoms with E-state index < -0.39 is 0 Å². The third-order valence-electron chi connectivity index (χ3n) is 6.54. The fourth-order valence-electron chi connectivity index (χ4n) is 4.56. The molecular formula is C26H30N8O4. The van der Waals surface area contributed by atoms with E-state index >= 15 is 0 Å². The van der Waals surface area contributed by atoms with Crippen LogP contribution in [0.4, 0.5) is 11.6 Å². The molecule has 2 aliphatic heterocycles. The SMILES string of the molecule is CCOc1nn(C2CCOC2)cc1-c1cnc2cc1O[C@@H](C)CCOc1c(cnn1C)-c1nccc(n1)N2. The molecule has 0 aliphatic carbocycles. The summed E-state index contributed by atoms with van der Waals surface area (Å²) in [7, 11) is 1.83. The first-order chi connectivity index (χ1) is 18.6. The summed E-state index contributed by atoms with van der Waals surface area (Å²) < 4.78 is 27.7. The van der Waals surface area contributed by atoms with Gasteiger partial charge in [-0.3, -0.25) is 4.68 Å². The number of hydrogen-bond donors (Lipinski definition) is 1. The number of nitrogens with one attached hydrogen (secondary N) is 1. The molecule has 2 aliphatic rings. The third kappa shape index (κ3) is 4.74. The highest BCUT2D eigenvalue weighted by Gasteiger charge is 2.25. The summed E-state index contributed by atoms with van der Waals surface area (Å²) in [5.41, 5.74) is 2.33. The predicted molar refractivity (Wildman–Crippen MR) is 139 cm³/mol. The van der Waals surface area contributed by atoms with Crippen molar-refractivity contribution in [1.29, 1.82) is 0 Å². The maximum absolute atomic E-state index is 6.48. The molecule has 4 aromatic rings. The van der Waals surface area contributed by atoms with Crippen molar-refractivity contribution in [2.75, 3.05) is 31.7 Å². The number of aromatic nitrogens is 7. The Labute approximate surface area is 219 Å². The van der Waals surface area contributed by atoms with E-state index in [0.29, 0.717) is 61.2 Å². The van der Waals surface area contributed by atoms with E-state index in [1.54, 1.807) is 29.3 Å². The molecule has 0 spiro atoms. The first kappa shape index (κ1) is 24.2. The fraction of sp³-hybridized carbons (Fsp3) is 0.423. The molecule has 6 rings (SSSR count). The highest BCUT2D eigenvalue weighted by atomic mass is 16.5. The summed E-state index contributed by atoms with van der Waals surface area (Å²) in [6.07, 6.45) is 8.58. The van der Waals surface area contributed by atoms with Crippen LogP contribution in [-0.2, 0) is 11.8 Å². The topological polar surface area (TPSA) is 123 Å². The number of fused-ring (bicyclic) bond motifs is 6. The minimum absolute atomic E-state index is 0.147. The standard InChI is InChI=1S/C26H30N8O4/c1-4-36-25-20(14-34(32-25)17-7-9-35-15-17)18-12-28-23-11-21(18)38-16(2)6-10-37-26-19(13-29-33(26)3)24-27-8-5-22(30-23)31-24/h5,8,11-14,16-17H,4,6-7,9-10,15H2,1-3H3,(H,27,28,30,31)/t16-,17?/m0/s1. The molecule has 198 valence electrons. The van der Waals surface area contributed by atoms with E-state index in [1.165, 1.54) is 0 Å². The number of rotatable bonds is 4. The molecule has 4 bridgehead atoms. The lowest BCUT2D eigenvalue weighted by Gasteiger charge is -2.19. The van der Waals surface area contributed by atoms with Gasteiger partial charge in [0.05, 0.1) is 43.7 Å². The zero-order valence-electron chi connectivity index (χ0n) is 21.6. The maximum atomic E-state index is 6.48. The van der Waals surface area contributed by atoms with E-state index in [-0.39, 0.29) is 12.1 Å². The Kier molecular flexibility index (Phi) is 6.54. The first-order valence-electron chi connectivity index (χ1n) is 12.8. The van der Waals surface area contributed by atoms with Gasteiger partial charge >= 0.3 is 0 Å². The van der Waals surface area contributed by atoms with Crippen molar-refractivity contribution >= 4 is 11.6 Å². The van der Waals surface area contributed by atoms with E-state index in [4.69, 9.17) is 24.0 Å². The van der Waals surface area contributed by atoms with Crippen molar-refractivity contribution in [1.82, 2.24) is 34.5 Å². The third-order valence-corrected chi connectivity index (χ3v) is 6.54. The van der Waals surface area contributed by atoms with Crippen molar-refractivity contribution < 1.29 is 18.9 Å². The molecule has 12 nitrogen and oxygen atoms in total. The van der Waals surface area contributed by atoms with Crippen LogP contribution in [0.25, 0.3) is 22.5 Å². The van der Waals surface area contributed by atoms with Gasteiger partial charge in [-0.15, -0.1) is 5.10 Å². The Balaban J connectivity index is 1.40. The molecular weight excluding hydrogens is 488 g/mol. The number of nitrogens with zero attached hydrogens (tertiary/aromatic N) is 7. The molecule has 1 saturated heterocycles. The number of hydrogen-bond acceptors (Lipinski definition) is 10. The van der Waals surface area contributed by atoms with Crippen molar-refractivity contribution in [3.63, 3.8) is 0 Å². The van der Waals surface area contributed by atoms with Gasteiger partial charge in [0.1, 0.15) is 22.9 Å². The lowest BCUT2D eigenvalue weighted by Crippen LogP contribution is -2.17. The van der Waals surface area contributed by atoms with Gasteiger partial charge in [0.25, 0.3) is 0 Å². The van der Waals surface area contributed by atoms with Gasteiger partial charge in [0.2, 0.25) is 11.8 Å². The molecule has 38 heavy (non-hydrogen) atoms. The predicted octanol–water partition coefficient (Wildman–Crippen LogP) is 3.79. The van der Waals surface area contributed by atoms with Crippen molar-refractivity contribution in [3.8, 4) is 40.0 Å². The number of ether oxygens (including phenoxy) is 4. The molecule has 12 heteroatoms. The van der Waals surface area contributed by atoms with Gasteiger partial charge in [0, 0.05) is 50.3 Å². The molecule has 1 N–H and O–H groups in total. The average molecular weight is 519 g/mol. The number of anilines is 2. The van der Waals surface area contributed by atoms with Gasteiger partial charge in [-0.25, -0.2) is 19.6 Å². The Morgan fingerprint density at radius 2 is 2.03 bits per heavy atom. The van der Waals surface area contributed by atoms with E-state index in [2.05, 4.69) is 25.4 Å². The van der Waals surface area contributed by atoms with Crippen molar-refractivity contribution in [3.05, 3.63) is 36.9 Å². The number of aryl methyl sites for hydroxylation is 1. The minimum atomic E-state index is -0.147. The quantitative estimate of drug-likeness (QED) is 0.427. The van der Waals surface area contributed by atoms with E-state index in [1.807, 2.05) is 37.8 Å². The summed E-state index contributed by atoms with van der Waals surface area (Å²) in [6.45, 7) is 6.25. The van der Waals surface area contributed by atoms with Crippen LogP contribution in [0.2, 0.25) is 0 Å². The highest BCUT2D eigenvalue weighted by molar-refractivity contribution is 5.75. The Morgan fingerprint density at radius 1 is 1.11 bits per heavy atom. The Morgan fingerprint density at radius 3 is 2.87 bits per heavy atom. The molecule has 1 fully saturated rings. The van der Waals surface area contributed by atoms with Crippen LogP contribution < -0.4 is 19.5 Å². The van der Waals surface area contributed by atoms with Gasteiger partial charge in [-0.1, -0.05) is 0 Å². The fourth-order valence-corrected chi connectivity index (χ4v) is 4.56. The van der Waals surface area contributed by atoms with Gasteiger partial charge < -0.3 is 24.3 Å². The van der Waals surface area contributed by atoms with Gasteiger partial charge in [-0.2, -0.15) is 5.10 Å². The van der Waals surface area contributed by atoms with Crippen molar-refractivity contribution in [2.45, 2.75) is 38.8 Å². The Hall–Kier alpha value is -4.19. The largest absolute Gasteiger partial charge is 0.490 e. The van der Waals surface area contributed by atoms with E-state index in [0.717, 1.165) is 29.7 Å². The molecule has 0 amide bonds. The molecule has 4 aromatic heterocycles. The monoisotopic (exact) mass is 518 g/mol. The second kappa shape index (κ2) is 10.3. The van der Waals surface area contributed by atoms with Crippen LogP contribution in [0.1, 0.15) is 32.7 Å². The molecule has 2 atom stereocenters. The highest BCUT2D eigenvalue weighted by Crippen LogP contribution is 2.39. The smallest absolute Gasteiger partial charge is 0.240 e. The Bertz CT molecular complexity index is 1430. The maximum Gasteiger partial charge on any atom is 0.240 e. The molecule has 0 aromatic carbocycles. The summed E-state index contributed by atoms with van der Waals surface area (Å²) in [5.74, 6) is 3.50. The molecule has 0 radical (unpaired) electrons. The summed E-state index contributed by atoms with van der Waals surface area (Å²) in [6, 6.07) is 3.83. The second-order valence-corrected chi connectivity index (χ2v) is 9.29. The molecule has 0 saturated carbocycles. The van der Waals surface area contributed by atoms with Gasteiger partial charge in [-0.05, 0) is 26.3 Å². The lowest BCUT2D eigenvalue weighted by atomic mass is 10.1. The van der Waals surface area contributed by atoms with E-state index in [9.17, 15) is 0 Å². The van der Waals surface area contributed by atoms with Crippen LogP contribution in [0.15, 0.2) is 36.9 Å². The summed E-state index contributed by atoms with van der Waals surface area (Å²) in [4.78, 5) is 13.8. The van der Waals surface area contributed by atoms with Crippen LogP contribution >= 0.6 is 0 Å². The average Bonchev–Trinajstić information content (AvgIpc) is 3.65. The summed E-state index contributed by atoms with van der Waals surface area (Å²) in [5, 5.41) is 12.3. The van der Waals surface area contributed by atoms with Crippen molar-refractivity contribution in [2.24, 2.45) is 7.05 Å². The zero-order chi connectivity index (χ0) is 26.1. The lowest BCUT2D eigenvalue weighted by molar-refractivity contribution is 0.173. The summed E-state index contributed by atoms with van der Waals surface area (Å²) >= 11 is 0. The molecule has 6 heterocycles. The van der Waals surface area contributed by atoms with Gasteiger partial charge in [0.15, 0.2) is 5.82 Å². The molecule has 1 unspecified atom stereocenters. The van der Waals surface area contributed by atoms with Crippen LogP contribution in [0.5, 0.6) is 17.5 Å². The number of pyridine rings is 1. The van der Waals surface area contributed by atoms with Crippen LogP contribution in [-0.4, -0.2) is 67.0 Å². The van der Waals surface area contributed by atoms with Crippen LogP contribution in [0, 0.1) is 0 Å². The normalized spacial score (nSPS) is 19.0. The zero-order valence-corrected chi connectivity index (χ0v) is 21.6. The minimum Gasteiger partial charge on any atom is -0.490 e. The first-order valence-corrected chi connectivity index (χ1v) is 12.8. The van der Waals surface area contributed by atoms with Crippen LogP contribution in [0.3, 0.4) is 0 Å². The second-order valence-electron chi connectivity index (χ2n) is 9.29.